The Balaban J connectivity index is 1.59. The largest absolute Gasteiger partial charge is 0.492 e. The zero-order chi connectivity index (χ0) is 21.1. The van der Waals surface area contributed by atoms with E-state index in [9.17, 15) is 13.2 Å². The third-order valence-corrected chi connectivity index (χ3v) is 4.53. The molecule has 4 rings (SSSR count). The molecule has 0 saturated carbocycles. The number of halogens is 3. The van der Waals surface area contributed by atoms with Crippen LogP contribution in [0.3, 0.4) is 0 Å². The summed E-state index contributed by atoms with van der Waals surface area (Å²) in [5.41, 5.74) is 2.06. The minimum Gasteiger partial charge on any atom is -0.492 e. The fraction of sp³-hybridized carbons (Fsp3) is 0.0800. The number of ether oxygens (including phenoxy) is 1. The van der Waals surface area contributed by atoms with Gasteiger partial charge in [0.25, 0.3) is 0 Å². The summed E-state index contributed by atoms with van der Waals surface area (Å²) < 4.78 is 46.7. The Morgan fingerprint density at radius 1 is 0.800 bits per heavy atom. The van der Waals surface area contributed by atoms with Crippen LogP contribution in [0.1, 0.15) is 18.1 Å². The van der Waals surface area contributed by atoms with Crippen LogP contribution < -0.4 is 4.74 Å². The van der Waals surface area contributed by atoms with Gasteiger partial charge >= 0.3 is 0 Å². The Morgan fingerprint density at radius 2 is 1.60 bits per heavy atom. The van der Waals surface area contributed by atoms with Crippen LogP contribution in [0.4, 0.5) is 13.2 Å². The second-order valence-electron chi connectivity index (χ2n) is 6.59. The molecule has 2 nitrogen and oxygen atoms in total. The van der Waals surface area contributed by atoms with Gasteiger partial charge in [-0.05, 0) is 66.2 Å². The van der Waals surface area contributed by atoms with Crippen molar-refractivity contribution in [2.75, 3.05) is 6.61 Å². The highest BCUT2D eigenvalue weighted by Crippen LogP contribution is 2.23. The van der Waals surface area contributed by atoms with Gasteiger partial charge in [-0.2, -0.15) is 0 Å². The minimum atomic E-state index is -0.919. The van der Waals surface area contributed by atoms with E-state index in [1.165, 1.54) is 6.07 Å². The average Bonchev–Trinajstić information content (AvgIpc) is 2.74. The van der Waals surface area contributed by atoms with E-state index in [1.807, 2.05) is 6.92 Å². The number of rotatable bonds is 3. The molecule has 0 bridgehead atoms. The fourth-order valence-corrected chi connectivity index (χ4v) is 3.04. The lowest BCUT2D eigenvalue weighted by Crippen LogP contribution is -1.93. The van der Waals surface area contributed by atoms with Crippen molar-refractivity contribution in [3.8, 4) is 28.8 Å². The van der Waals surface area contributed by atoms with E-state index in [1.54, 1.807) is 48.7 Å². The number of pyridine rings is 1. The number of hydrogen-bond acceptors (Lipinski definition) is 2. The highest BCUT2D eigenvalue weighted by atomic mass is 19.2. The molecule has 0 fully saturated rings. The van der Waals surface area contributed by atoms with Crippen LogP contribution in [0.5, 0.6) is 5.75 Å². The molecular formula is C25H16F3NO. The fourth-order valence-electron chi connectivity index (χ4n) is 3.04. The molecular weight excluding hydrogens is 387 g/mol. The molecule has 0 atom stereocenters. The van der Waals surface area contributed by atoms with E-state index in [2.05, 4.69) is 16.8 Å². The van der Waals surface area contributed by atoms with Crippen molar-refractivity contribution >= 4 is 10.8 Å². The molecule has 0 aliphatic heterocycles. The van der Waals surface area contributed by atoms with Crippen molar-refractivity contribution in [1.29, 1.82) is 0 Å². The predicted molar refractivity (Wildman–Crippen MR) is 111 cm³/mol. The van der Waals surface area contributed by atoms with E-state index in [-0.39, 0.29) is 5.56 Å². The van der Waals surface area contributed by atoms with Gasteiger partial charge in [-0.25, -0.2) is 13.2 Å². The summed E-state index contributed by atoms with van der Waals surface area (Å²) in [4.78, 5) is 4.29. The molecule has 0 N–H and O–H groups in total. The quantitative estimate of drug-likeness (QED) is 0.385. The topological polar surface area (TPSA) is 22.1 Å². The first-order valence-corrected chi connectivity index (χ1v) is 9.33. The van der Waals surface area contributed by atoms with Gasteiger partial charge in [0.1, 0.15) is 11.6 Å². The van der Waals surface area contributed by atoms with E-state index < -0.39 is 17.5 Å². The summed E-state index contributed by atoms with van der Waals surface area (Å²) in [5.74, 6) is 4.03. The summed E-state index contributed by atoms with van der Waals surface area (Å²) in [6.07, 6.45) is 1.60. The molecule has 0 amide bonds. The van der Waals surface area contributed by atoms with Gasteiger partial charge in [-0.15, -0.1) is 0 Å². The maximum atomic E-state index is 14.5. The molecule has 5 heteroatoms. The lowest BCUT2D eigenvalue weighted by atomic mass is 10.1. The molecule has 1 heterocycles. The highest BCUT2D eigenvalue weighted by molar-refractivity contribution is 5.84. The number of nitrogens with zero attached hydrogens (tertiary/aromatic N) is 1. The van der Waals surface area contributed by atoms with Crippen molar-refractivity contribution in [2.45, 2.75) is 6.92 Å². The van der Waals surface area contributed by atoms with Crippen molar-refractivity contribution in [1.82, 2.24) is 4.98 Å². The van der Waals surface area contributed by atoms with Crippen LogP contribution >= 0.6 is 0 Å². The first-order valence-electron chi connectivity index (χ1n) is 9.33. The van der Waals surface area contributed by atoms with Gasteiger partial charge < -0.3 is 4.74 Å². The molecule has 4 aromatic rings. The van der Waals surface area contributed by atoms with Gasteiger partial charge in [0.15, 0.2) is 11.6 Å². The molecule has 0 aliphatic rings. The number of hydrogen-bond donors (Lipinski definition) is 0. The molecule has 1 aromatic heterocycles. The van der Waals surface area contributed by atoms with Crippen LogP contribution in [0.25, 0.3) is 22.0 Å². The third kappa shape index (κ3) is 4.13. The van der Waals surface area contributed by atoms with E-state index in [4.69, 9.17) is 4.74 Å². The zero-order valence-corrected chi connectivity index (χ0v) is 16.0. The van der Waals surface area contributed by atoms with Gasteiger partial charge in [-0.1, -0.05) is 24.0 Å². The summed E-state index contributed by atoms with van der Waals surface area (Å²) >= 11 is 0. The smallest absolute Gasteiger partial charge is 0.159 e. The second kappa shape index (κ2) is 8.30. The van der Waals surface area contributed by atoms with Crippen molar-refractivity contribution in [3.63, 3.8) is 0 Å². The van der Waals surface area contributed by atoms with Crippen LogP contribution in [-0.4, -0.2) is 11.6 Å². The Hall–Kier alpha value is -3.78. The molecule has 3 aromatic carbocycles. The molecule has 0 radical (unpaired) electrons. The first-order chi connectivity index (χ1) is 14.5. The summed E-state index contributed by atoms with van der Waals surface area (Å²) in [6, 6.07) is 15.5. The summed E-state index contributed by atoms with van der Waals surface area (Å²) in [6.45, 7) is 2.44. The van der Waals surface area contributed by atoms with Crippen LogP contribution in [-0.2, 0) is 0 Å². The maximum absolute atomic E-state index is 14.5. The normalized spacial score (nSPS) is 10.5. The third-order valence-electron chi connectivity index (χ3n) is 4.53. The predicted octanol–water partition coefficient (Wildman–Crippen LogP) is 6.12. The van der Waals surface area contributed by atoms with E-state index in [0.29, 0.717) is 39.9 Å². The van der Waals surface area contributed by atoms with Gasteiger partial charge in [-0.3, -0.25) is 4.98 Å². The van der Waals surface area contributed by atoms with Gasteiger partial charge in [0.05, 0.1) is 24.1 Å². The molecule has 0 spiro atoms. The lowest BCUT2D eigenvalue weighted by Gasteiger charge is -2.05. The number of fused-ring (bicyclic) bond motifs is 1. The first kappa shape index (κ1) is 19.5. The van der Waals surface area contributed by atoms with Gasteiger partial charge in [0.2, 0.25) is 0 Å². The Morgan fingerprint density at radius 3 is 2.30 bits per heavy atom. The highest BCUT2D eigenvalue weighted by Gasteiger charge is 2.06. The van der Waals surface area contributed by atoms with Crippen LogP contribution in [0, 0.1) is 29.3 Å². The van der Waals surface area contributed by atoms with Crippen LogP contribution in [0.15, 0.2) is 66.9 Å². The maximum Gasteiger partial charge on any atom is 0.159 e. The summed E-state index contributed by atoms with van der Waals surface area (Å²) in [5, 5.41) is 1.09. The summed E-state index contributed by atoms with van der Waals surface area (Å²) in [7, 11) is 0. The molecule has 0 unspecified atom stereocenters. The van der Waals surface area contributed by atoms with E-state index >= 15 is 0 Å². The van der Waals surface area contributed by atoms with Crippen molar-refractivity contribution < 1.29 is 17.9 Å². The molecule has 148 valence electrons. The second-order valence-corrected chi connectivity index (χ2v) is 6.59. The Bertz CT molecular complexity index is 1290. The SMILES string of the molecule is CCOc1ccc(-c2ccc(C#Cc3ccc4cc(F)c(F)cc4c3)c(F)c2)nc1. The van der Waals surface area contributed by atoms with Gasteiger partial charge in [0, 0.05) is 11.1 Å². The number of aromatic nitrogens is 1. The molecule has 0 aliphatic carbocycles. The monoisotopic (exact) mass is 403 g/mol. The zero-order valence-electron chi connectivity index (χ0n) is 16.0. The van der Waals surface area contributed by atoms with E-state index in [0.717, 1.165) is 12.1 Å². The number of benzene rings is 3. The Labute approximate surface area is 172 Å². The minimum absolute atomic E-state index is 0.232. The van der Waals surface area contributed by atoms with Crippen molar-refractivity contribution in [2.24, 2.45) is 0 Å². The Kier molecular flexibility index (Phi) is 5.40. The lowest BCUT2D eigenvalue weighted by molar-refractivity contribution is 0.339. The van der Waals surface area contributed by atoms with Crippen molar-refractivity contribution in [3.05, 3.63) is 95.4 Å². The molecule has 0 saturated heterocycles. The standard InChI is InChI=1S/C25H16F3NO/c1-2-30-21-9-10-25(29-15-21)19-8-7-17(22(26)13-19)5-3-16-4-6-18-12-23(27)24(28)14-20(18)11-16/h4,6-15H,2H2,1H3. The van der Waals surface area contributed by atoms with Crippen LogP contribution in [0.2, 0.25) is 0 Å². The average molecular weight is 403 g/mol. The molecule has 30 heavy (non-hydrogen) atoms.